The first-order valence-corrected chi connectivity index (χ1v) is 8.86. The molecule has 0 spiro atoms. The Hall–Kier alpha value is -1.60. The summed E-state index contributed by atoms with van der Waals surface area (Å²) in [6, 6.07) is 0.458. The largest absolute Gasteiger partial charge is 0.379 e. The Morgan fingerprint density at radius 2 is 2.00 bits per heavy atom. The zero-order valence-electron chi connectivity index (χ0n) is 15.7. The molecule has 2 N–H and O–H groups in total. The predicted molar refractivity (Wildman–Crippen MR) is 97.4 cm³/mol. The van der Waals surface area contributed by atoms with E-state index in [4.69, 9.17) is 9.73 Å². The molecule has 1 saturated heterocycles. The summed E-state index contributed by atoms with van der Waals surface area (Å²) < 4.78 is 7.34. The Morgan fingerprint density at radius 1 is 1.29 bits per heavy atom. The maximum absolute atomic E-state index is 5.42. The van der Waals surface area contributed by atoms with Gasteiger partial charge in [0.15, 0.2) is 5.96 Å². The SMILES string of the molecule is CCNC(=NCc1c(C)nn(C)c1C)NCC(C)N1CCOCC1. The quantitative estimate of drug-likeness (QED) is 0.594. The average Bonchev–Trinajstić information content (AvgIpc) is 2.83. The van der Waals surface area contributed by atoms with Crippen molar-refractivity contribution >= 4 is 5.96 Å². The predicted octanol–water partition coefficient (Wildman–Crippen LogP) is 0.813. The van der Waals surface area contributed by atoms with Crippen LogP contribution in [0.5, 0.6) is 0 Å². The lowest BCUT2D eigenvalue weighted by atomic mass is 10.2. The summed E-state index contributed by atoms with van der Waals surface area (Å²) in [5.41, 5.74) is 3.43. The van der Waals surface area contributed by atoms with Crippen molar-refractivity contribution in [1.82, 2.24) is 25.3 Å². The zero-order chi connectivity index (χ0) is 17.5. The van der Waals surface area contributed by atoms with Gasteiger partial charge >= 0.3 is 0 Å². The minimum Gasteiger partial charge on any atom is -0.379 e. The highest BCUT2D eigenvalue weighted by molar-refractivity contribution is 5.79. The van der Waals surface area contributed by atoms with Gasteiger partial charge in [-0.3, -0.25) is 9.58 Å². The first-order valence-electron chi connectivity index (χ1n) is 8.86. The van der Waals surface area contributed by atoms with Crippen LogP contribution in [0.3, 0.4) is 0 Å². The maximum atomic E-state index is 5.42. The first kappa shape index (κ1) is 18.7. The molecule has 2 rings (SSSR count). The minimum atomic E-state index is 0.458. The van der Waals surface area contributed by atoms with Crippen LogP contribution in [-0.2, 0) is 18.3 Å². The minimum absolute atomic E-state index is 0.458. The van der Waals surface area contributed by atoms with Crippen molar-refractivity contribution in [3.05, 3.63) is 17.0 Å². The van der Waals surface area contributed by atoms with E-state index in [1.165, 1.54) is 11.3 Å². The molecule has 2 heterocycles. The van der Waals surface area contributed by atoms with Crippen LogP contribution >= 0.6 is 0 Å². The number of morpholine rings is 1. The molecule has 1 fully saturated rings. The van der Waals surface area contributed by atoms with E-state index in [9.17, 15) is 0 Å². The highest BCUT2D eigenvalue weighted by Crippen LogP contribution is 2.12. The van der Waals surface area contributed by atoms with Crippen molar-refractivity contribution < 1.29 is 4.74 Å². The summed E-state index contributed by atoms with van der Waals surface area (Å²) in [5.74, 6) is 0.861. The fraction of sp³-hybridized carbons (Fsp3) is 0.765. The van der Waals surface area contributed by atoms with Crippen molar-refractivity contribution in [2.45, 2.75) is 40.3 Å². The van der Waals surface area contributed by atoms with Crippen molar-refractivity contribution in [2.24, 2.45) is 12.0 Å². The van der Waals surface area contributed by atoms with Crippen LogP contribution in [0, 0.1) is 13.8 Å². The average molecular weight is 336 g/mol. The standard InChI is InChI=1S/C17H32N6O/c1-6-18-17(19-11-13(2)23-7-9-24-10-8-23)20-12-16-14(3)21-22(5)15(16)4/h13H,6-12H2,1-5H3,(H2,18,19,20). The number of aryl methyl sites for hydroxylation is 2. The van der Waals surface area contributed by atoms with Crippen molar-refractivity contribution in [1.29, 1.82) is 0 Å². The molecule has 0 aromatic carbocycles. The van der Waals surface area contributed by atoms with Gasteiger partial charge in [0, 0.05) is 50.5 Å². The third-order valence-corrected chi connectivity index (χ3v) is 4.63. The van der Waals surface area contributed by atoms with Gasteiger partial charge in [0.1, 0.15) is 0 Å². The monoisotopic (exact) mass is 336 g/mol. The molecular weight excluding hydrogens is 304 g/mol. The van der Waals surface area contributed by atoms with Gasteiger partial charge in [-0.05, 0) is 27.7 Å². The second kappa shape index (κ2) is 9.03. The summed E-state index contributed by atoms with van der Waals surface area (Å²) in [6.45, 7) is 14.5. The number of aliphatic imine (C=N–C) groups is 1. The molecule has 1 aliphatic rings. The summed E-state index contributed by atoms with van der Waals surface area (Å²) in [4.78, 5) is 7.19. The summed E-state index contributed by atoms with van der Waals surface area (Å²) in [5, 5.41) is 11.2. The van der Waals surface area contributed by atoms with Gasteiger partial charge in [0.2, 0.25) is 0 Å². The summed E-state index contributed by atoms with van der Waals surface area (Å²) >= 11 is 0. The normalized spacial score (nSPS) is 17.8. The molecular formula is C17H32N6O. The fourth-order valence-corrected chi connectivity index (χ4v) is 2.94. The highest BCUT2D eigenvalue weighted by atomic mass is 16.5. The van der Waals surface area contributed by atoms with Crippen LogP contribution in [0.15, 0.2) is 4.99 Å². The van der Waals surface area contributed by atoms with Gasteiger partial charge in [0.25, 0.3) is 0 Å². The third-order valence-electron chi connectivity index (χ3n) is 4.63. The van der Waals surface area contributed by atoms with E-state index in [-0.39, 0.29) is 0 Å². The lowest BCUT2D eigenvalue weighted by molar-refractivity contribution is 0.0211. The zero-order valence-corrected chi connectivity index (χ0v) is 15.7. The molecule has 7 heteroatoms. The van der Waals surface area contributed by atoms with E-state index in [0.29, 0.717) is 12.6 Å². The molecule has 1 aromatic heterocycles. The maximum Gasteiger partial charge on any atom is 0.191 e. The Morgan fingerprint density at radius 3 is 2.58 bits per heavy atom. The molecule has 1 unspecified atom stereocenters. The smallest absolute Gasteiger partial charge is 0.191 e. The van der Waals surface area contributed by atoms with Gasteiger partial charge < -0.3 is 15.4 Å². The molecule has 0 saturated carbocycles. The summed E-state index contributed by atoms with van der Waals surface area (Å²) in [7, 11) is 1.98. The van der Waals surface area contributed by atoms with Crippen LogP contribution in [0.4, 0.5) is 0 Å². The Bertz CT molecular complexity index is 548. The van der Waals surface area contributed by atoms with Gasteiger partial charge in [-0.25, -0.2) is 4.99 Å². The lowest BCUT2D eigenvalue weighted by Gasteiger charge is -2.32. The highest BCUT2D eigenvalue weighted by Gasteiger charge is 2.17. The number of hydrogen-bond acceptors (Lipinski definition) is 4. The topological polar surface area (TPSA) is 66.7 Å². The molecule has 1 aromatic rings. The van der Waals surface area contributed by atoms with Crippen LogP contribution < -0.4 is 10.6 Å². The molecule has 7 nitrogen and oxygen atoms in total. The number of nitrogens with one attached hydrogen (secondary N) is 2. The van der Waals surface area contributed by atoms with E-state index < -0.39 is 0 Å². The second-order valence-corrected chi connectivity index (χ2v) is 6.35. The van der Waals surface area contributed by atoms with Crippen LogP contribution in [0.1, 0.15) is 30.8 Å². The Kier molecular flexibility index (Phi) is 7.05. The molecule has 136 valence electrons. The molecule has 0 amide bonds. The van der Waals surface area contributed by atoms with Crippen LogP contribution in [-0.4, -0.2) is 66.1 Å². The molecule has 24 heavy (non-hydrogen) atoms. The fourth-order valence-electron chi connectivity index (χ4n) is 2.94. The van der Waals surface area contributed by atoms with E-state index in [0.717, 1.165) is 51.0 Å². The van der Waals surface area contributed by atoms with Crippen LogP contribution in [0.2, 0.25) is 0 Å². The number of rotatable bonds is 6. The molecule has 0 radical (unpaired) electrons. The molecule has 1 atom stereocenters. The Balaban J connectivity index is 1.92. The van der Waals surface area contributed by atoms with Gasteiger partial charge in [0.05, 0.1) is 25.5 Å². The van der Waals surface area contributed by atoms with Crippen LogP contribution in [0.25, 0.3) is 0 Å². The Labute approximate surface area is 145 Å². The third kappa shape index (κ3) is 4.95. The number of ether oxygens (including phenoxy) is 1. The number of guanidine groups is 1. The molecule has 0 bridgehead atoms. The van der Waals surface area contributed by atoms with E-state index in [2.05, 4.69) is 41.4 Å². The van der Waals surface area contributed by atoms with E-state index in [1.54, 1.807) is 0 Å². The van der Waals surface area contributed by atoms with Crippen molar-refractivity contribution in [3.8, 4) is 0 Å². The van der Waals surface area contributed by atoms with Gasteiger partial charge in [-0.2, -0.15) is 5.10 Å². The number of hydrogen-bond donors (Lipinski definition) is 2. The van der Waals surface area contributed by atoms with Gasteiger partial charge in [-0.1, -0.05) is 0 Å². The van der Waals surface area contributed by atoms with E-state index >= 15 is 0 Å². The van der Waals surface area contributed by atoms with Crippen molar-refractivity contribution in [3.63, 3.8) is 0 Å². The number of nitrogens with zero attached hydrogens (tertiary/aromatic N) is 4. The van der Waals surface area contributed by atoms with E-state index in [1.807, 2.05) is 18.7 Å². The van der Waals surface area contributed by atoms with Crippen molar-refractivity contribution in [2.75, 3.05) is 39.4 Å². The first-order chi connectivity index (χ1) is 11.5. The summed E-state index contributed by atoms with van der Waals surface area (Å²) in [6.07, 6.45) is 0. The lowest BCUT2D eigenvalue weighted by Crippen LogP contribution is -2.49. The van der Waals surface area contributed by atoms with Gasteiger partial charge in [-0.15, -0.1) is 0 Å². The molecule has 0 aliphatic carbocycles. The second-order valence-electron chi connectivity index (χ2n) is 6.35. The number of aromatic nitrogens is 2. The molecule has 1 aliphatic heterocycles.